The van der Waals surface area contributed by atoms with Gasteiger partial charge in [0.1, 0.15) is 0 Å². The van der Waals surface area contributed by atoms with Gasteiger partial charge in [-0.05, 0) is 6.42 Å². The van der Waals surface area contributed by atoms with Crippen LogP contribution in [0, 0.1) is 0 Å². The zero-order valence-electron chi connectivity index (χ0n) is 10.1. The summed E-state index contributed by atoms with van der Waals surface area (Å²) in [6.07, 6.45) is 2.89. The molecule has 0 aliphatic carbocycles. The molecule has 0 aliphatic rings. The Morgan fingerprint density at radius 2 is 2.35 bits per heavy atom. The number of ether oxygens (including phenoxy) is 1. The number of rotatable bonds is 7. The molecule has 7 nitrogen and oxygen atoms in total. The Balaban J connectivity index is 2.53. The van der Waals surface area contributed by atoms with Crippen LogP contribution in [0.4, 0.5) is 0 Å². The first-order chi connectivity index (χ1) is 8.17. The fourth-order valence-corrected chi connectivity index (χ4v) is 1.48. The highest BCUT2D eigenvalue weighted by molar-refractivity contribution is 5.90. The van der Waals surface area contributed by atoms with E-state index in [2.05, 4.69) is 27.4 Å². The molecule has 0 radical (unpaired) electrons. The van der Waals surface area contributed by atoms with Gasteiger partial charge >= 0.3 is 5.69 Å². The second-order valence-corrected chi connectivity index (χ2v) is 3.79. The van der Waals surface area contributed by atoms with Crippen LogP contribution in [0.3, 0.4) is 0 Å². The standard InChI is InChI=1S/C10H18N4O3/c1-3-4-5-7(6-17-2)11-9(15)8-12-10(16)14-13-8/h7H,3-6H2,1-2H3,(H,11,15)(H2,12,13,14,16). The normalized spacial score (nSPS) is 12.4. The lowest BCUT2D eigenvalue weighted by Crippen LogP contribution is -2.38. The predicted octanol–water partition coefficient (Wildman–Crippen LogP) is 0.0330. The van der Waals surface area contributed by atoms with E-state index >= 15 is 0 Å². The molecule has 0 saturated heterocycles. The maximum Gasteiger partial charge on any atom is 0.341 e. The number of nitrogens with zero attached hydrogens (tertiary/aromatic N) is 1. The molecule has 0 spiro atoms. The van der Waals surface area contributed by atoms with Crippen molar-refractivity contribution in [1.29, 1.82) is 0 Å². The van der Waals surface area contributed by atoms with Crippen LogP contribution in [0.15, 0.2) is 4.79 Å². The molecule has 1 unspecified atom stereocenters. The number of aromatic amines is 2. The number of nitrogens with one attached hydrogen (secondary N) is 3. The number of hydrogen-bond donors (Lipinski definition) is 3. The molecule has 96 valence electrons. The fourth-order valence-electron chi connectivity index (χ4n) is 1.48. The molecule has 7 heteroatoms. The van der Waals surface area contributed by atoms with Crippen LogP contribution in [0.1, 0.15) is 36.8 Å². The van der Waals surface area contributed by atoms with Crippen molar-refractivity contribution in [1.82, 2.24) is 20.5 Å². The SMILES string of the molecule is CCCCC(COC)NC(=O)c1n[nH]c(=O)[nH]1. The van der Waals surface area contributed by atoms with E-state index in [1.54, 1.807) is 7.11 Å². The smallest absolute Gasteiger partial charge is 0.341 e. The molecule has 0 saturated carbocycles. The van der Waals surface area contributed by atoms with Gasteiger partial charge < -0.3 is 10.1 Å². The highest BCUT2D eigenvalue weighted by Crippen LogP contribution is 2.01. The topological polar surface area (TPSA) is 99.9 Å². The molecule has 0 aliphatic heterocycles. The molecule has 1 amide bonds. The molecule has 0 fully saturated rings. The van der Waals surface area contributed by atoms with Gasteiger partial charge in [0.2, 0.25) is 5.82 Å². The van der Waals surface area contributed by atoms with Gasteiger partial charge in [-0.1, -0.05) is 19.8 Å². The first kappa shape index (κ1) is 13.4. The van der Waals surface area contributed by atoms with E-state index in [4.69, 9.17) is 4.74 Å². The summed E-state index contributed by atoms with van der Waals surface area (Å²) >= 11 is 0. The molecule has 0 aromatic carbocycles. The summed E-state index contributed by atoms with van der Waals surface area (Å²) in [7, 11) is 1.58. The molecule has 17 heavy (non-hydrogen) atoms. The number of carbonyl (C=O) groups excluding carboxylic acids is 1. The number of unbranched alkanes of at least 4 members (excludes halogenated alkanes) is 1. The number of hydrogen-bond acceptors (Lipinski definition) is 4. The zero-order valence-corrected chi connectivity index (χ0v) is 10.1. The number of carbonyl (C=O) groups is 1. The molecule has 1 heterocycles. The van der Waals surface area contributed by atoms with Crippen molar-refractivity contribution >= 4 is 5.91 Å². The first-order valence-electron chi connectivity index (χ1n) is 5.61. The molecule has 0 bridgehead atoms. The summed E-state index contributed by atoms with van der Waals surface area (Å²) in [5, 5.41) is 8.47. The van der Waals surface area contributed by atoms with Gasteiger partial charge in [-0.25, -0.2) is 9.89 Å². The van der Waals surface area contributed by atoms with Crippen molar-refractivity contribution < 1.29 is 9.53 Å². The van der Waals surface area contributed by atoms with E-state index in [1.165, 1.54) is 0 Å². The maximum absolute atomic E-state index is 11.7. The molecule has 1 atom stereocenters. The Hall–Kier alpha value is -1.63. The van der Waals surface area contributed by atoms with E-state index in [9.17, 15) is 9.59 Å². The van der Waals surface area contributed by atoms with Crippen LogP contribution < -0.4 is 11.0 Å². The maximum atomic E-state index is 11.7. The van der Waals surface area contributed by atoms with Crippen molar-refractivity contribution in [2.45, 2.75) is 32.2 Å². The number of H-pyrrole nitrogens is 2. The Morgan fingerprint density at radius 3 is 2.88 bits per heavy atom. The Labute approximate surface area is 99.0 Å². The third-order valence-corrected chi connectivity index (χ3v) is 2.33. The van der Waals surface area contributed by atoms with Crippen molar-refractivity contribution in [3.8, 4) is 0 Å². The summed E-state index contributed by atoms with van der Waals surface area (Å²) in [6, 6.07) is -0.0624. The number of methoxy groups -OCH3 is 1. The van der Waals surface area contributed by atoms with Gasteiger partial charge in [0.05, 0.1) is 12.6 Å². The number of amides is 1. The van der Waals surface area contributed by atoms with Crippen molar-refractivity contribution in [3.05, 3.63) is 16.3 Å². The minimum atomic E-state index is -0.494. The summed E-state index contributed by atoms with van der Waals surface area (Å²) in [5.41, 5.74) is -0.494. The molecular weight excluding hydrogens is 224 g/mol. The van der Waals surface area contributed by atoms with Crippen LogP contribution >= 0.6 is 0 Å². The highest BCUT2D eigenvalue weighted by Gasteiger charge is 2.15. The fraction of sp³-hybridized carbons (Fsp3) is 0.700. The van der Waals surface area contributed by atoms with Gasteiger partial charge in [-0.3, -0.25) is 9.78 Å². The molecule has 1 rings (SSSR count). The predicted molar refractivity (Wildman–Crippen MR) is 61.9 cm³/mol. The Kier molecular flexibility index (Phi) is 5.41. The lowest BCUT2D eigenvalue weighted by Gasteiger charge is -2.16. The molecule has 1 aromatic rings. The zero-order chi connectivity index (χ0) is 12.7. The lowest BCUT2D eigenvalue weighted by molar-refractivity contribution is 0.0880. The lowest BCUT2D eigenvalue weighted by atomic mass is 10.1. The summed E-state index contributed by atoms with van der Waals surface area (Å²) in [5.74, 6) is -0.408. The minimum absolute atomic E-state index is 0.00685. The summed E-state index contributed by atoms with van der Waals surface area (Å²) < 4.78 is 5.03. The Morgan fingerprint density at radius 1 is 1.59 bits per heavy atom. The van der Waals surface area contributed by atoms with E-state index in [0.717, 1.165) is 19.3 Å². The van der Waals surface area contributed by atoms with Gasteiger partial charge in [-0.15, -0.1) is 5.10 Å². The van der Waals surface area contributed by atoms with Gasteiger partial charge in [-0.2, -0.15) is 0 Å². The molecule has 1 aromatic heterocycles. The number of aromatic nitrogens is 3. The van der Waals surface area contributed by atoms with E-state index in [1.807, 2.05) is 0 Å². The average Bonchev–Trinajstić information content (AvgIpc) is 2.73. The van der Waals surface area contributed by atoms with Gasteiger partial charge in [0, 0.05) is 7.11 Å². The second kappa shape index (κ2) is 6.85. The monoisotopic (exact) mass is 242 g/mol. The summed E-state index contributed by atoms with van der Waals surface area (Å²) in [4.78, 5) is 24.8. The first-order valence-corrected chi connectivity index (χ1v) is 5.61. The Bertz CT molecular complexity index is 398. The third kappa shape index (κ3) is 4.39. The van der Waals surface area contributed by atoms with Crippen LogP contribution in [-0.2, 0) is 4.74 Å². The largest absolute Gasteiger partial charge is 0.383 e. The third-order valence-electron chi connectivity index (χ3n) is 2.33. The van der Waals surface area contributed by atoms with Crippen molar-refractivity contribution in [2.75, 3.05) is 13.7 Å². The van der Waals surface area contributed by atoms with Crippen LogP contribution in [0.2, 0.25) is 0 Å². The van der Waals surface area contributed by atoms with Crippen LogP contribution in [-0.4, -0.2) is 40.8 Å². The van der Waals surface area contributed by atoms with Crippen LogP contribution in [0.25, 0.3) is 0 Å². The van der Waals surface area contributed by atoms with E-state index < -0.39 is 11.6 Å². The van der Waals surface area contributed by atoms with Crippen molar-refractivity contribution in [3.63, 3.8) is 0 Å². The second-order valence-electron chi connectivity index (χ2n) is 3.79. The van der Waals surface area contributed by atoms with E-state index in [-0.39, 0.29) is 11.9 Å². The van der Waals surface area contributed by atoms with Crippen LogP contribution in [0.5, 0.6) is 0 Å². The minimum Gasteiger partial charge on any atom is -0.383 e. The quantitative estimate of drug-likeness (QED) is 0.628. The van der Waals surface area contributed by atoms with Crippen molar-refractivity contribution in [2.24, 2.45) is 0 Å². The van der Waals surface area contributed by atoms with E-state index in [0.29, 0.717) is 6.61 Å². The van der Waals surface area contributed by atoms with Gasteiger partial charge in [0.25, 0.3) is 5.91 Å². The highest BCUT2D eigenvalue weighted by atomic mass is 16.5. The average molecular weight is 242 g/mol. The molecule has 3 N–H and O–H groups in total. The molecular formula is C10H18N4O3. The summed E-state index contributed by atoms with van der Waals surface area (Å²) in [6.45, 7) is 2.53. The van der Waals surface area contributed by atoms with Gasteiger partial charge in [0.15, 0.2) is 0 Å².